The molecule has 2 rings (SSSR count). The second-order valence-electron chi connectivity index (χ2n) is 5.20. The Bertz CT molecular complexity index is 566. The first-order chi connectivity index (χ1) is 9.63. The Kier molecular flexibility index (Phi) is 4.99. The Hall–Kier alpha value is -1.58. The molecule has 0 aliphatic heterocycles. The first-order valence-electron chi connectivity index (χ1n) is 7.06. The van der Waals surface area contributed by atoms with Crippen LogP contribution in [0.5, 0.6) is 5.75 Å². The Morgan fingerprint density at radius 1 is 1.10 bits per heavy atom. The third-order valence-corrected chi connectivity index (χ3v) is 3.45. The first-order valence-corrected chi connectivity index (χ1v) is 7.06. The highest BCUT2D eigenvalue weighted by Crippen LogP contribution is 2.33. The number of hydrogen-bond acceptors (Lipinski definition) is 3. The molecule has 0 bridgehead atoms. The lowest BCUT2D eigenvalue weighted by atomic mass is 10.0. The van der Waals surface area contributed by atoms with Gasteiger partial charge in [-0.25, -0.2) is 0 Å². The van der Waals surface area contributed by atoms with Gasteiger partial charge in [-0.2, -0.15) is 0 Å². The molecule has 0 heterocycles. The van der Waals surface area contributed by atoms with Crippen molar-refractivity contribution in [3.63, 3.8) is 0 Å². The minimum Gasteiger partial charge on any atom is -0.490 e. The van der Waals surface area contributed by atoms with E-state index in [9.17, 15) is 0 Å². The minimum atomic E-state index is -0.0516. The number of rotatable bonds is 6. The Morgan fingerprint density at radius 3 is 2.55 bits per heavy atom. The predicted octanol–water partition coefficient (Wildman–Crippen LogP) is 3.66. The largest absolute Gasteiger partial charge is 0.490 e. The van der Waals surface area contributed by atoms with Crippen LogP contribution in [0.2, 0.25) is 0 Å². The van der Waals surface area contributed by atoms with Gasteiger partial charge >= 0.3 is 0 Å². The average Bonchev–Trinajstić information content (AvgIpc) is 2.45. The van der Waals surface area contributed by atoms with Crippen LogP contribution in [-0.2, 0) is 4.74 Å². The fraction of sp³-hybridized carbons (Fsp3) is 0.412. The van der Waals surface area contributed by atoms with Crippen molar-refractivity contribution in [3.8, 4) is 5.75 Å². The van der Waals surface area contributed by atoms with Gasteiger partial charge in [-0.1, -0.05) is 36.4 Å². The highest BCUT2D eigenvalue weighted by molar-refractivity contribution is 5.89. The van der Waals surface area contributed by atoms with Crippen molar-refractivity contribution in [2.75, 3.05) is 13.7 Å². The molecular weight excluding hydrogens is 250 g/mol. The summed E-state index contributed by atoms with van der Waals surface area (Å²) in [5.74, 6) is 0.904. The smallest absolute Gasteiger partial charge is 0.132 e. The summed E-state index contributed by atoms with van der Waals surface area (Å²) in [7, 11) is 1.71. The van der Waals surface area contributed by atoms with Crippen LogP contribution in [-0.4, -0.2) is 19.8 Å². The fourth-order valence-corrected chi connectivity index (χ4v) is 2.29. The SMILES string of the molecule is COCCC(C)Oc1c([C@@H](C)N)ccc2ccccc12. The Labute approximate surface area is 120 Å². The zero-order chi connectivity index (χ0) is 14.5. The van der Waals surface area contributed by atoms with Gasteiger partial charge in [0, 0.05) is 37.1 Å². The van der Waals surface area contributed by atoms with Gasteiger partial charge in [0.1, 0.15) is 5.75 Å². The van der Waals surface area contributed by atoms with E-state index in [0.717, 1.165) is 23.1 Å². The van der Waals surface area contributed by atoms with E-state index < -0.39 is 0 Å². The van der Waals surface area contributed by atoms with E-state index in [4.69, 9.17) is 15.2 Å². The summed E-state index contributed by atoms with van der Waals surface area (Å²) in [6.45, 7) is 4.74. The molecule has 1 unspecified atom stereocenters. The van der Waals surface area contributed by atoms with Gasteiger partial charge in [0.15, 0.2) is 0 Å². The van der Waals surface area contributed by atoms with Crippen LogP contribution < -0.4 is 10.5 Å². The minimum absolute atomic E-state index is 0.0516. The first kappa shape index (κ1) is 14.8. The molecule has 0 aliphatic carbocycles. The van der Waals surface area contributed by atoms with Gasteiger partial charge in [-0.3, -0.25) is 0 Å². The molecule has 2 aromatic rings. The zero-order valence-electron chi connectivity index (χ0n) is 12.4. The summed E-state index contributed by atoms with van der Waals surface area (Å²) in [6.07, 6.45) is 0.955. The summed E-state index contributed by atoms with van der Waals surface area (Å²) in [4.78, 5) is 0. The van der Waals surface area contributed by atoms with Crippen LogP contribution in [0.3, 0.4) is 0 Å². The maximum atomic E-state index is 6.16. The van der Waals surface area contributed by atoms with Gasteiger partial charge in [0.2, 0.25) is 0 Å². The number of methoxy groups -OCH3 is 1. The third kappa shape index (κ3) is 3.30. The second kappa shape index (κ2) is 6.73. The lowest BCUT2D eigenvalue weighted by Gasteiger charge is -2.21. The molecule has 0 fully saturated rings. The second-order valence-corrected chi connectivity index (χ2v) is 5.20. The summed E-state index contributed by atoms with van der Waals surface area (Å²) >= 11 is 0. The predicted molar refractivity (Wildman–Crippen MR) is 83.1 cm³/mol. The highest BCUT2D eigenvalue weighted by Gasteiger charge is 2.14. The lowest BCUT2D eigenvalue weighted by molar-refractivity contribution is 0.135. The normalized spacial score (nSPS) is 14.2. The number of fused-ring (bicyclic) bond motifs is 1. The van der Waals surface area contributed by atoms with Crippen molar-refractivity contribution in [1.82, 2.24) is 0 Å². The van der Waals surface area contributed by atoms with Gasteiger partial charge in [0.25, 0.3) is 0 Å². The number of benzene rings is 2. The molecule has 0 aliphatic rings. The molecule has 108 valence electrons. The van der Waals surface area contributed by atoms with E-state index in [1.54, 1.807) is 7.11 Å². The number of ether oxygens (including phenoxy) is 2. The van der Waals surface area contributed by atoms with Crippen LogP contribution in [0.1, 0.15) is 31.9 Å². The molecule has 2 N–H and O–H groups in total. The van der Waals surface area contributed by atoms with Crippen LogP contribution in [0.4, 0.5) is 0 Å². The molecule has 2 aromatic carbocycles. The van der Waals surface area contributed by atoms with E-state index in [1.165, 1.54) is 5.39 Å². The van der Waals surface area contributed by atoms with Crippen molar-refractivity contribution in [2.45, 2.75) is 32.4 Å². The standard InChI is InChI=1S/C17H23NO2/c1-12(10-11-19-3)20-17-15(13(2)18)9-8-14-6-4-5-7-16(14)17/h4-9,12-13H,10-11,18H2,1-3H3/t12?,13-/m1/s1. The van der Waals surface area contributed by atoms with Gasteiger partial charge < -0.3 is 15.2 Å². The maximum Gasteiger partial charge on any atom is 0.132 e. The molecule has 2 atom stereocenters. The van der Waals surface area contributed by atoms with Crippen LogP contribution >= 0.6 is 0 Å². The van der Waals surface area contributed by atoms with Crippen LogP contribution in [0.15, 0.2) is 36.4 Å². The summed E-state index contributed by atoms with van der Waals surface area (Å²) in [6, 6.07) is 12.3. The van der Waals surface area contributed by atoms with E-state index in [2.05, 4.69) is 31.2 Å². The molecule has 0 radical (unpaired) electrons. The molecule has 0 amide bonds. The van der Waals surface area contributed by atoms with Crippen molar-refractivity contribution in [1.29, 1.82) is 0 Å². The zero-order valence-corrected chi connectivity index (χ0v) is 12.4. The van der Waals surface area contributed by atoms with Crippen molar-refractivity contribution in [2.24, 2.45) is 5.73 Å². The fourth-order valence-electron chi connectivity index (χ4n) is 2.29. The van der Waals surface area contributed by atoms with Crippen molar-refractivity contribution >= 4 is 10.8 Å². The topological polar surface area (TPSA) is 44.5 Å². The Morgan fingerprint density at radius 2 is 1.85 bits per heavy atom. The van der Waals surface area contributed by atoms with Crippen LogP contribution in [0, 0.1) is 0 Å². The quantitative estimate of drug-likeness (QED) is 0.873. The van der Waals surface area contributed by atoms with Gasteiger partial charge in [-0.15, -0.1) is 0 Å². The highest BCUT2D eigenvalue weighted by atomic mass is 16.5. The van der Waals surface area contributed by atoms with E-state index >= 15 is 0 Å². The third-order valence-electron chi connectivity index (χ3n) is 3.45. The molecule has 0 aromatic heterocycles. The summed E-state index contributed by atoms with van der Waals surface area (Å²) in [5, 5.41) is 2.29. The van der Waals surface area contributed by atoms with E-state index in [0.29, 0.717) is 6.61 Å². The number of nitrogens with two attached hydrogens (primary N) is 1. The summed E-state index contributed by atoms with van der Waals surface area (Å²) in [5.41, 5.74) is 7.13. The molecule has 0 saturated carbocycles. The Balaban J connectivity index is 2.39. The molecule has 3 nitrogen and oxygen atoms in total. The molecule has 20 heavy (non-hydrogen) atoms. The number of hydrogen-bond donors (Lipinski definition) is 1. The maximum absolute atomic E-state index is 6.16. The molecule has 0 saturated heterocycles. The molecular formula is C17H23NO2. The van der Waals surface area contributed by atoms with E-state index in [-0.39, 0.29) is 12.1 Å². The average molecular weight is 273 g/mol. The van der Waals surface area contributed by atoms with Gasteiger partial charge in [-0.05, 0) is 19.2 Å². The van der Waals surface area contributed by atoms with Crippen molar-refractivity contribution < 1.29 is 9.47 Å². The molecule has 0 spiro atoms. The lowest BCUT2D eigenvalue weighted by Crippen LogP contribution is -2.17. The monoisotopic (exact) mass is 273 g/mol. The van der Waals surface area contributed by atoms with E-state index in [1.807, 2.05) is 19.1 Å². The molecule has 3 heteroatoms. The van der Waals surface area contributed by atoms with Crippen molar-refractivity contribution in [3.05, 3.63) is 42.0 Å². The van der Waals surface area contributed by atoms with Gasteiger partial charge in [0.05, 0.1) is 6.10 Å². The van der Waals surface area contributed by atoms with Crippen LogP contribution in [0.25, 0.3) is 10.8 Å². The summed E-state index contributed by atoms with van der Waals surface area (Å²) < 4.78 is 11.3.